The van der Waals surface area contributed by atoms with Gasteiger partial charge in [0.2, 0.25) is 0 Å². The van der Waals surface area contributed by atoms with Gasteiger partial charge < -0.3 is 4.79 Å². The molecule has 0 aromatic carbocycles. The summed E-state index contributed by atoms with van der Waals surface area (Å²) in [5.74, 6) is 0. The molecule has 0 aliphatic rings. The molecule has 0 aliphatic heterocycles. The lowest BCUT2D eigenvalue weighted by molar-refractivity contribution is -0.106. The molecule has 1 aromatic rings. The van der Waals surface area contributed by atoms with Crippen LogP contribution in [0, 0.1) is 0 Å². The number of hydrogen-bond acceptors (Lipinski definition) is 4. The number of nitrogens with one attached hydrogen (secondary N) is 2. The van der Waals surface area contributed by atoms with Crippen LogP contribution in [0.3, 0.4) is 0 Å². The van der Waals surface area contributed by atoms with Crippen LogP contribution >= 0.6 is 0 Å². The standard InChI is InChI=1S/C3H3N3O2.C2H4O/c7-2-4-1-5-3(8)6-2;1-2-3/h1H,(H2,4,5,6,7,8);2H,1H3. The first kappa shape index (κ1) is 9.28. The van der Waals surface area contributed by atoms with Gasteiger partial charge in [-0.15, -0.1) is 0 Å². The van der Waals surface area contributed by atoms with Crippen molar-refractivity contribution in [2.24, 2.45) is 0 Å². The summed E-state index contributed by atoms with van der Waals surface area (Å²) in [6.45, 7) is 1.44. The lowest BCUT2D eigenvalue weighted by atomic mass is 11.0. The molecule has 1 rings (SSSR count). The number of carbonyl (C=O) groups excluding carboxylic acids is 1. The van der Waals surface area contributed by atoms with Crippen molar-refractivity contribution in [3.05, 3.63) is 27.3 Å². The summed E-state index contributed by atoms with van der Waals surface area (Å²) < 4.78 is 0. The molecule has 0 saturated heterocycles. The first-order valence-electron chi connectivity index (χ1n) is 2.74. The van der Waals surface area contributed by atoms with Crippen LogP contribution in [0.25, 0.3) is 0 Å². The smallest absolute Gasteiger partial charge is 0.304 e. The number of nitrogens with zero attached hydrogens (tertiary/aromatic N) is 1. The minimum atomic E-state index is -0.631. The van der Waals surface area contributed by atoms with Gasteiger partial charge in [0, 0.05) is 0 Å². The summed E-state index contributed by atoms with van der Waals surface area (Å²) in [6, 6.07) is 0. The van der Waals surface area contributed by atoms with Crippen LogP contribution in [-0.4, -0.2) is 21.2 Å². The minimum Gasteiger partial charge on any atom is -0.304 e. The Morgan fingerprint density at radius 2 is 2.09 bits per heavy atom. The van der Waals surface area contributed by atoms with Gasteiger partial charge in [-0.05, 0) is 6.92 Å². The van der Waals surface area contributed by atoms with Crippen LogP contribution in [-0.2, 0) is 4.79 Å². The zero-order valence-electron chi connectivity index (χ0n) is 5.83. The molecule has 11 heavy (non-hydrogen) atoms. The SMILES string of the molecule is CC=O.O=c1nc[nH]c(=O)[nH]1. The molecule has 0 spiro atoms. The molecule has 6 heteroatoms. The third-order valence-electron chi connectivity index (χ3n) is 0.598. The molecule has 0 aliphatic carbocycles. The molecule has 2 N–H and O–H groups in total. The monoisotopic (exact) mass is 157 g/mol. The van der Waals surface area contributed by atoms with Crippen molar-refractivity contribution < 1.29 is 4.79 Å². The van der Waals surface area contributed by atoms with Crippen molar-refractivity contribution in [3.8, 4) is 0 Å². The van der Waals surface area contributed by atoms with E-state index in [1.807, 2.05) is 4.98 Å². The predicted molar refractivity (Wildman–Crippen MR) is 37.2 cm³/mol. The van der Waals surface area contributed by atoms with E-state index >= 15 is 0 Å². The molecule has 0 amide bonds. The van der Waals surface area contributed by atoms with E-state index in [2.05, 4.69) is 9.97 Å². The summed E-state index contributed by atoms with van der Waals surface area (Å²) in [7, 11) is 0. The highest BCUT2D eigenvalue weighted by molar-refractivity contribution is 5.44. The number of aldehydes is 1. The lowest BCUT2D eigenvalue weighted by Crippen LogP contribution is -2.22. The Labute approximate surface area is 61.3 Å². The van der Waals surface area contributed by atoms with Gasteiger partial charge in [-0.3, -0.25) is 9.97 Å². The summed E-state index contributed by atoms with van der Waals surface area (Å²) in [5, 5.41) is 0. The van der Waals surface area contributed by atoms with E-state index < -0.39 is 11.4 Å². The van der Waals surface area contributed by atoms with Gasteiger partial charge in [0.15, 0.2) is 0 Å². The molecule has 1 heterocycles. The van der Waals surface area contributed by atoms with Crippen molar-refractivity contribution >= 4 is 6.29 Å². The van der Waals surface area contributed by atoms with Crippen molar-refractivity contribution in [3.63, 3.8) is 0 Å². The largest absolute Gasteiger partial charge is 0.350 e. The molecule has 60 valence electrons. The first-order chi connectivity index (χ1) is 5.20. The van der Waals surface area contributed by atoms with Crippen LogP contribution in [0.15, 0.2) is 15.9 Å². The highest BCUT2D eigenvalue weighted by Crippen LogP contribution is 1.40. The third kappa shape index (κ3) is 4.76. The number of hydrogen-bond donors (Lipinski definition) is 2. The zero-order chi connectivity index (χ0) is 8.69. The number of rotatable bonds is 0. The van der Waals surface area contributed by atoms with E-state index in [1.54, 1.807) is 0 Å². The quantitative estimate of drug-likeness (QED) is 0.456. The molecule has 0 unspecified atom stereocenters. The van der Waals surface area contributed by atoms with Crippen LogP contribution in [0.1, 0.15) is 6.92 Å². The van der Waals surface area contributed by atoms with Crippen molar-refractivity contribution in [2.75, 3.05) is 0 Å². The normalized spacial score (nSPS) is 7.73. The minimum absolute atomic E-state index is 0.537. The Hall–Kier alpha value is -1.72. The molecule has 0 saturated carbocycles. The van der Waals surface area contributed by atoms with Gasteiger partial charge in [0.25, 0.3) is 0 Å². The van der Waals surface area contributed by atoms with Crippen molar-refractivity contribution in [1.82, 2.24) is 15.0 Å². The fraction of sp³-hybridized carbons (Fsp3) is 0.200. The van der Waals surface area contributed by atoms with E-state index in [9.17, 15) is 9.59 Å². The lowest BCUT2D eigenvalue weighted by Gasteiger charge is -1.74. The average molecular weight is 157 g/mol. The van der Waals surface area contributed by atoms with Crippen LogP contribution in [0.2, 0.25) is 0 Å². The molecule has 0 radical (unpaired) electrons. The van der Waals surface area contributed by atoms with E-state index in [0.29, 0.717) is 0 Å². The molecule has 1 aromatic heterocycles. The Morgan fingerprint density at radius 1 is 1.55 bits per heavy atom. The predicted octanol–water partition coefficient (Wildman–Crippen LogP) is -1.34. The molecule has 0 bridgehead atoms. The highest BCUT2D eigenvalue weighted by atomic mass is 16.2. The Kier molecular flexibility index (Phi) is 4.30. The molecule has 0 atom stereocenters. The molecular weight excluding hydrogens is 150 g/mol. The number of aromatic amines is 2. The van der Waals surface area contributed by atoms with E-state index in [4.69, 9.17) is 4.79 Å². The summed E-state index contributed by atoms with van der Waals surface area (Å²) in [5.41, 5.74) is -1.17. The topological polar surface area (TPSA) is 95.7 Å². The van der Waals surface area contributed by atoms with E-state index in [0.717, 1.165) is 12.6 Å². The van der Waals surface area contributed by atoms with Crippen molar-refractivity contribution in [2.45, 2.75) is 6.92 Å². The fourth-order valence-electron chi connectivity index (χ4n) is 0.315. The first-order valence-corrected chi connectivity index (χ1v) is 2.74. The maximum absolute atomic E-state index is 10.1. The van der Waals surface area contributed by atoms with Gasteiger partial charge in [-0.2, -0.15) is 4.98 Å². The number of carbonyl (C=O) groups is 1. The van der Waals surface area contributed by atoms with E-state index in [-0.39, 0.29) is 0 Å². The Balaban J connectivity index is 0.000000292. The fourth-order valence-corrected chi connectivity index (χ4v) is 0.315. The Bertz CT molecular complexity index is 288. The number of H-pyrrole nitrogens is 2. The maximum Gasteiger partial charge on any atom is 0.350 e. The number of aromatic nitrogens is 3. The molecular formula is C5H7N3O3. The van der Waals surface area contributed by atoms with Gasteiger partial charge in [-0.1, -0.05) is 0 Å². The average Bonchev–Trinajstić information content (AvgIpc) is 1.88. The van der Waals surface area contributed by atoms with Gasteiger partial charge in [0.05, 0.1) is 0 Å². The molecule has 0 fully saturated rings. The zero-order valence-corrected chi connectivity index (χ0v) is 5.83. The Morgan fingerprint density at radius 3 is 2.36 bits per heavy atom. The second kappa shape index (κ2) is 5.10. The van der Waals surface area contributed by atoms with Gasteiger partial charge in [-0.25, -0.2) is 9.59 Å². The molecule has 6 nitrogen and oxygen atoms in total. The summed E-state index contributed by atoms with van der Waals surface area (Å²) >= 11 is 0. The van der Waals surface area contributed by atoms with E-state index in [1.165, 1.54) is 6.92 Å². The van der Waals surface area contributed by atoms with Gasteiger partial charge in [0.1, 0.15) is 12.6 Å². The summed E-state index contributed by atoms with van der Waals surface area (Å²) in [6.07, 6.45) is 1.79. The summed E-state index contributed by atoms with van der Waals surface area (Å²) in [4.78, 5) is 36.3. The van der Waals surface area contributed by atoms with Crippen molar-refractivity contribution in [1.29, 1.82) is 0 Å². The maximum atomic E-state index is 10.1. The third-order valence-corrected chi connectivity index (χ3v) is 0.598. The van der Waals surface area contributed by atoms with Gasteiger partial charge >= 0.3 is 11.4 Å². The second-order valence-electron chi connectivity index (χ2n) is 1.40. The van der Waals surface area contributed by atoms with Crippen LogP contribution in [0.4, 0.5) is 0 Å². The van der Waals surface area contributed by atoms with Crippen LogP contribution < -0.4 is 11.4 Å². The van der Waals surface area contributed by atoms with Crippen LogP contribution in [0.5, 0.6) is 0 Å². The second-order valence-corrected chi connectivity index (χ2v) is 1.40. The highest BCUT2D eigenvalue weighted by Gasteiger charge is 1.79.